The molecule has 106 valence electrons. The number of nitrogens with zero attached hydrogens (tertiary/aromatic N) is 1. The first-order valence-electron chi connectivity index (χ1n) is 6.15. The van der Waals surface area contributed by atoms with Crippen LogP contribution < -0.4 is 5.32 Å². The average Bonchev–Trinajstić information content (AvgIpc) is 2.82. The van der Waals surface area contributed by atoms with Gasteiger partial charge >= 0.3 is 0 Å². The van der Waals surface area contributed by atoms with Gasteiger partial charge in [0.05, 0.1) is 17.1 Å². The minimum absolute atomic E-state index is 0.00298. The molecule has 3 nitrogen and oxygen atoms in total. The molecule has 6 heteroatoms. The fourth-order valence-electron chi connectivity index (χ4n) is 1.63. The number of hydrogen-bond acceptors (Lipinski definition) is 3. The highest BCUT2D eigenvalue weighted by atomic mass is 32.1. The van der Waals surface area contributed by atoms with E-state index in [9.17, 15) is 13.6 Å². The number of amides is 1. The highest BCUT2D eigenvalue weighted by molar-refractivity contribution is 7.09. The molecule has 0 fully saturated rings. The lowest BCUT2D eigenvalue weighted by atomic mass is 10.2. The second kappa shape index (κ2) is 6.09. The molecule has 0 radical (unpaired) electrons. The van der Waals surface area contributed by atoms with E-state index in [0.717, 1.165) is 17.1 Å². The van der Waals surface area contributed by atoms with Gasteiger partial charge in [-0.25, -0.2) is 13.8 Å². The smallest absolute Gasteiger partial charge is 0.230 e. The zero-order valence-corrected chi connectivity index (χ0v) is 11.9. The van der Waals surface area contributed by atoms with E-state index in [1.54, 1.807) is 5.38 Å². The number of anilines is 1. The summed E-state index contributed by atoms with van der Waals surface area (Å²) in [6, 6.07) is 3.44. The van der Waals surface area contributed by atoms with E-state index >= 15 is 0 Å². The van der Waals surface area contributed by atoms with Crippen LogP contribution in [0.1, 0.15) is 30.5 Å². The Labute approximate surface area is 119 Å². The van der Waals surface area contributed by atoms with Gasteiger partial charge in [-0.05, 0) is 12.1 Å². The van der Waals surface area contributed by atoms with Crippen LogP contribution in [0.2, 0.25) is 0 Å². The number of para-hydroxylation sites is 1. The normalized spacial score (nSPS) is 10.8. The quantitative estimate of drug-likeness (QED) is 0.934. The Hall–Kier alpha value is -1.82. The van der Waals surface area contributed by atoms with Gasteiger partial charge < -0.3 is 5.32 Å². The molecule has 1 amide bonds. The van der Waals surface area contributed by atoms with E-state index in [0.29, 0.717) is 11.6 Å². The van der Waals surface area contributed by atoms with Gasteiger partial charge in [0.25, 0.3) is 0 Å². The van der Waals surface area contributed by atoms with Crippen LogP contribution in [0.3, 0.4) is 0 Å². The van der Waals surface area contributed by atoms with Gasteiger partial charge in [-0.2, -0.15) is 0 Å². The molecule has 0 atom stereocenters. The lowest BCUT2D eigenvalue weighted by Gasteiger charge is -2.06. The lowest BCUT2D eigenvalue weighted by Crippen LogP contribution is -2.16. The minimum atomic E-state index is -0.792. The monoisotopic (exact) mass is 296 g/mol. The Bertz CT molecular complexity index is 605. The lowest BCUT2D eigenvalue weighted by molar-refractivity contribution is -0.115. The SMILES string of the molecule is CC(C)c1nc(CC(=O)Nc2c(F)cccc2F)cs1. The fraction of sp³-hybridized carbons (Fsp3) is 0.286. The van der Waals surface area contributed by atoms with E-state index in [-0.39, 0.29) is 6.42 Å². The fourth-order valence-corrected chi connectivity index (χ4v) is 2.47. The Morgan fingerprint density at radius 2 is 2.00 bits per heavy atom. The van der Waals surface area contributed by atoms with Crippen molar-refractivity contribution in [3.8, 4) is 0 Å². The van der Waals surface area contributed by atoms with Crippen molar-refractivity contribution in [2.75, 3.05) is 5.32 Å². The maximum absolute atomic E-state index is 13.4. The molecule has 0 aliphatic heterocycles. The van der Waals surface area contributed by atoms with Crippen molar-refractivity contribution in [3.05, 3.63) is 45.9 Å². The zero-order chi connectivity index (χ0) is 14.7. The third-order valence-electron chi connectivity index (χ3n) is 2.63. The molecule has 0 bridgehead atoms. The summed E-state index contributed by atoms with van der Waals surface area (Å²) in [7, 11) is 0. The second-order valence-electron chi connectivity index (χ2n) is 4.65. The second-order valence-corrected chi connectivity index (χ2v) is 5.54. The molecule has 2 aromatic rings. The maximum atomic E-state index is 13.4. The molecule has 0 aliphatic rings. The topological polar surface area (TPSA) is 42.0 Å². The van der Waals surface area contributed by atoms with Crippen molar-refractivity contribution in [1.29, 1.82) is 0 Å². The van der Waals surface area contributed by atoms with E-state index in [1.165, 1.54) is 17.4 Å². The van der Waals surface area contributed by atoms with Gasteiger partial charge in [-0.15, -0.1) is 11.3 Å². The largest absolute Gasteiger partial charge is 0.321 e. The van der Waals surface area contributed by atoms with Crippen LogP contribution in [0.5, 0.6) is 0 Å². The predicted molar refractivity (Wildman–Crippen MR) is 74.9 cm³/mol. The number of thiazole rings is 1. The highest BCUT2D eigenvalue weighted by Crippen LogP contribution is 2.21. The highest BCUT2D eigenvalue weighted by Gasteiger charge is 2.14. The maximum Gasteiger partial charge on any atom is 0.230 e. The van der Waals surface area contributed by atoms with Gasteiger partial charge in [-0.1, -0.05) is 19.9 Å². The third-order valence-corrected chi connectivity index (χ3v) is 3.83. The molecule has 2 rings (SSSR count). The number of nitrogens with one attached hydrogen (secondary N) is 1. The molecule has 1 aromatic heterocycles. The van der Waals surface area contributed by atoms with Crippen molar-refractivity contribution >= 4 is 22.9 Å². The Morgan fingerprint density at radius 3 is 2.55 bits per heavy atom. The summed E-state index contributed by atoms with van der Waals surface area (Å²) in [5.74, 6) is -1.78. The van der Waals surface area contributed by atoms with Crippen molar-refractivity contribution in [1.82, 2.24) is 4.98 Å². The van der Waals surface area contributed by atoms with Gasteiger partial charge in [0.2, 0.25) is 5.91 Å². The van der Waals surface area contributed by atoms with Crippen LogP contribution in [0.25, 0.3) is 0 Å². The van der Waals surface area contributed by atoms with Gasteiger partial charge in [0.1, 0.15) is 17.3 Å². The third kappa shape index (κ3) is 3.39. The standard InChI is InChI=1S/C14H14F2N2OS/c1-8(2)14-17-9(7-20-14)6-12(19)18-13-10(15)4-3-5-11(13)16/h3-5,7-8H,6H2,1-2H3,(H,18,19). The van der Waals surface area contributed by atoms with Crippen molar-refractivity contribution < 1.29 is 13.6 Å². The van der Waals surface area contributed by atoms with Gasteiger partial charge in [0.15, 0.2) is 0 Å². The first-order chi connectivity index (χ1) is 9.47. The first kappa shape index (κ1) is 14.6. The molecular formula is C14H14F2N2OS. The number of aromatic nitrogens is 1. The summed E-state index contributed by atoms with van der Waals surface area (Å²) in [4.78, 5) is 16.1. The van der Waals surface area contributed by atoms with E-state index in [1.807, 2.05) is 13.8 Å². The Balaban J connectivity index is 2.05. The molecule has 20 heavy (non-hydrogen) atoms. The summed E-state index contributed by atoms with van der Waals surface area (Å²) in [6.07, 6.45) is -0.00298. The van der Waals surface area contributed by atoms with Gasteiger partial charge in [0, 0.05) is 11.3 Å². The molecule has 0 saturated heterocycles. The van der Waals surface area contributed by atoms with E-state index in [2.05, 4.69) is 10.3 Å². The van der Waals surface area contributed by atoms with E-state index < -0.39 is 23.2 Å². The predicted octanol–water partition coefficient (Wildman–Crippen LogP) is 3.73. The summed E-state index contributed by atoms with van der Waals surface area (Å²) in [5.41, 5.74) is 0.185. The molecule has 0 unspecified atom stereocenters. The van der Waals surface area contributed by atoms with Crippen LogP contribution in [0, 0.1) is 11.6 Å². The summed E-state index contributed by atoms with van der Waals surface area (Å²) in [6.45, 7) is 4.02. The number of halogens is 2. The van der Waals surface area contributed by atoms with E-state index in [4.69, 9.17) is 0 Å². The van der Waals surface area contributed by atoms with Crippen LogP contribution in [0.15, 0.2) is 23.6 Å². The summed E-state index contributed by atoms with van der Waals surface area (Å²) < 4.78 is 26.8. The Morgan fingerprint density at radius 1 is 1.35 bits per heavy atom. The van der Waals surface area contributed by atoms with Crippen LogP contribution in [-0.2, 0) is 11.2 Å². The molecule has 0 saturated carbocycles. The molecule has 0 aliphatic carbocycles. The summed E-state index contributed by atoms with van der Waals surface area (Å²) in [5, 5.41) is 4.96. The Kier molecular flexibility index (Phi) is 4.44. The van der Waals surface area contributed by atoms with Crippen LogP contribution >= 0.6 is 11.3 Å². The number of rotatable bonds is 4. The molecular weight excluding hydrogens is 282 g/mol. The van der Waals surface area contributed by atoms with Crippen LogP contribution in [-0.4, -0.2) is 10.9 Å². The molecule has 0 spiro atoms. The molecule has 1 N–H and O–H groups in total. The van der Waals surface area contributed by atoms with Crippen molar-refractivity contribution in [2.24, 2.45) is 0 Å². The molecule has 1 aromatic carbocycles. The minimum Gasteiger partial charge on any atom is -0.321 e. The number of benzene rings is 1. The number of carbonyl (C=O) groups excluding carboxylic acids is 1. The summed E-state index contributed by atoms with van der Waals surface area (Å²) >= 11 is 1.47. The average molecular weight is 296 g/mol. The number of carbonyl (C=O) groups is 1. The van der Waals surface area contributed by atoms with Gasteiger partial charge in [-0.3, -0.25) is 4.79 Å². The molecule has 1 heterocycles. The van der Waals surface area contributed by atoms with Crippen LogP contribution in [0.4, 0.5) is 14.5 Å². The number of hydrogen-bond donors (Lipinski definition) is 1. The van der Waals surface area contributed by atoms with Crippen molar-refractivity contribution in [2.45, 2.75) is 26.2 Å². The zero-order valence-electron chi connectivity index (χ0n) is 11.1. The first-order valence-corrected chi connectivity index (χ1v) is 7.03. The van der Waals surface area contributed by atoms with Crippen molar-refractivity contribution in [3.63, 3.8) is 0 Å².